The maximum atomic E-state index is 12.4. The summed E-state index contributed by atoms with van der Waals surface area (Å²) in [7, 11) is -4.06. The lowest BCUT2D eigenvalue weighted by Gasteiger charge is -2.41. The number of hydrogen-bond donors (Lipinski definition) is 1. The van der Waals surface area contributed by atoms with Gasteiger partial charge in [-0.15, -0.1) is 0 Å². The van der Waals surface area contributed by atoms with Gasteiger partial charge in [0.15, 0.2) is 6.61 Å². The van der Waals surface area contributed by atoms with Gasteiger partial charge >= 0.3 is 5.97 Å². The second-order valence-electron chi connectivity index (χ2n) is 7.20. The molecule has 7 nitrogen and oxygen atoms in total. The van der Waals surface area contributed by atoms with E-state index < -0.39 is 16.0 Å². The van der Waals surface area contributed by atoms with E-state index in [1.165, 1.54) is 31.4 Å². The van der Waals surface area contributed by atoms with E-state index in [1.807, 2.05) is 0 Å². The summed E-state index contributed by atoms with van der Waals surface area (Å²) < 4.78 is 28.1. The minimum absolute atomic E-state index is 0.0257. The maximum absolute atomic E-state index is 12.4. The molecule has 9 heteroatoms. The zero-order chi connectivity index (χ0) is 19.6. The molecule has 1 aliphatic carbocycles. The number of piperidine rings is 1. The summed E-state index contributed by atoms with van der Waals surface area (Å²) in [4.78, 5) is 26.0. The Kier molecular flexibility index (Phi) is 6.08. The Balaban J connectivity index is 1.58. The van der Waals surface area contributed by atoms with Crippen molar-refractivity contribution in [2.75, 3.05) is 19.7 Å². The molecule has 1 saturated heterocycles. The molecule has 1 saturated carbocycles. The Morgan fingerprint density at radius 1 is 1.19 bits per heavy atom. The average Bonchev–Trinajstić information content (AvgIpc) is 2.64. The van der Waals surface area contributed by atoms with Gasteiger partial charge < -0.3 is 9.64 Å². The maximum Gasteiger partial charge on any atom is 0.338 e. The van der Waals surface area contributed by atoms with Gasteiger partial charge in [0.1, 0.15) is 4.90 Å². The summed E-state index contributed by atoms with van der Waals surface area (Å²) in [5.41, 5.74) is -0.0257. The van der Waals surface area contributed by atoms with Crippen LogP contribution in [-0.2, 0) is 19.6 Å². The standard InChI is InChI=1S/C18H23ClN2O5S/c19-15-6-5-13(9-16(15)27(20,24)25)18(23)26-11-17(22)21-8-7-12-3-1-2-4-14(12)10-21/h5-6,9,12,14H,1-4,7-8,10-11H2,(H2,20,24,25)/t12-,14-/m1/s1. The van der Waals surface area contributed by atoms with Crippen molar-refractivity contribution < 1.29 is 22.7 Å². The van der Waals surface area contributed by atoms with Gasteiger partial charge in [-0.1, -0.05) is 30.9 Å². The third-order valence-corrected chi connectivity index (χ3v) is 6.84. The third-order valence-electron chi connectivity index (χ3n) is 5.44. The number of primary sulfonamides is 1. The van der Waals surface area contributed by atoms with Gasteiger partial charge in [-0.25, -0.2) is 18.4 Å². The van der Waals surface area contributed by atoms with Crippen LogP contribution in [0.15, 0.2) is 23.1 Å². The summed E-state index contributed by atoms with van der Waals surface area (Å²) in [5, 5.41) is 4.99. The van der Waals surface area contributed by atoms with Crippen LogP contribution in [0.2, 0.25) is 5.02 Å². The van der Waals surface area contributed by atoms with Crippen molar-refractivity contribution in [3.63, 3.8) is 0 Å². The SMILES string of the molecule is NS(=O)(=O)c1cc(C(=O)OCC(=O)N2CC[C@H]3CCCC[C@@H]3C2)ccc1Cl. The second-order valence-corrected chi connectivity index (χ2v) is 9.14. The minimum Gasteiger partial charge on any atom is -0.452 e. The fraction of sp³-hybridized carbons (Fsp3) is 0.556. The number of esters is 1. The van der Waals surface area contributed by atoms with Gasteiger partial charge in [0, 0.05) is 13.1 Å². The number of fused-ring (bicyclic) bond motifs is 1. The molecule has 0 bridgehead atoms. The Morgan fingerprint density at radius 3 is 2.59 bits per heavy atom. The molecular formula is C18H23ClN2O5S. The summed E-state index contributed by atoms with van der Waals surface area (Å²) in [6.07, 6.45) is 5.87. The Hall–Kier alpha value is -1.64. The summed E-state index contributed by atoms with van der Waals surface area (Å²) in [5.74, 6) is 0.224. The number of nitrogens with two attached hydrogens (primary N) is 1. The highest BCUT2D eigenvalue weighted by Gasteiger charge is 2.33. The monoisotopic (exact) mass is 414 g/mol. The lowest BCUT2D eigenvalue weighted by atomic mass is 9.75. The smallest absolute Gasteiger partial charge is 0.338 e. The molecule has 2 fully saturated rings. The molecule has 0 radical (unpaired) electrons. The molecule has 2 atom stereocenters. The van der Waals surface area contributed by atoms with Crippen molar-refractivity contribution in [3.05, 3.63) is 28.8 Å². The van der Waals surface area contributed by atoms with Crippen molar-refractivity contribution in [1.29, 1.82) is 0 Å². The number of nitrogens with zero attached hydrogens (tertiary/aromatic N) is 1. The Labute approximate surface area is 163 Å². The van der Waals surface area contributed by atoms with Crippen LogP contribution in [0.3, 0.4) is 0 Å². The number of ether oxygens (including phenoxy) is 1. The van der Waals surface area contributed by atoms with E-state index in [0.29, 0.717) is 18.4 Å². The number of hydrogen-bond acceptors (Lipinski definition) is 5. The molecule has 2 N–H and O–H groups in total. The molecule has 1 aromatic carbocycles. The predicted octanol–water partition coefficient (Wildman–Crippen LogP) is 2.18. The fourth-order valence-electron chi connectivity index (χ4n) is 3.98. The van der Waals surface area contributed by atoms with Gasteiger partial charge in [0.25, 0.3) is 5.91 Å². The normalized spacial score (nSPS) is 22.8. The quantitative estimate of drug-likeness (QED) is 0.760. The first-order valence-corrected chi connectivity index (χ1v) is 11.0. The lowest BCUT2D eigenvalue weighted by Crippen LogP contribution is -2.46. The molecule has 27 heavy (non-hydrogen) atoms. The highest BCUT2D eigenvalue weighted by molar-refractivity contribution is 7.89. The van der Waals surface area contributed by atoms with Crippen LogP contribution in [-0.4, -0.2) is 44.9 Å². The van der Waals surface area contributed by atoms with Crippen molar-refractivity contribution in [2.45, 2.75) is 37.0 Å². The van der Waals surface area contributed by atoms with Crippen LogP contribution < -0.4 is 5.14 Å². The van der Waals surface area contributed by atoms with Crippen LogP contribution in [0.4, 0.5) is 0 Å². The molecule has 0 unspecified atom stereocenters. The fourth-order valence-corrected chi connectivity index (χ4v) is 5.05. The van der Waals surface area contributed by atoms with E-state index >= 15 is 0 Å². The van der Waals surface area contributed by atoms with Crippen molar-refractivity contribution in [2.24, 2.45) is 17.0 Å². The highest BCUT2D eigenvalue weighted by atomic mass is 35.5. The molecular weight excluding hydrogens is 392 g/mol. The highest BCUT2D eigenvalue weighted by Crippen LogP contribution is 2.36. The molecule has 0 aromatic heterocycles. The van der Waals surface area contributed by atoms with E-state index in [0.717, 1.165) is 25.5 Å². The number of halogens is 1. The molecule has 0 spiro atoms. The van der Waals surface area contributed by atoms with E-state index in [1.54, 1.807) is 4.90 Å². The first kappa shape index (κ1) is 20.1. The van der Waals surface area contributed by atoms with E-state index in [9.17, 15) is 18.0 Å². The van der Waals surface area contributed by atoms with Crippen LogP contribution in [0.5, 0.6) is 0 Å². The van der Waals surface area contributed by atoms with Crippen LogP contribution in [0, 0.1) is 11.8 Å². The number of amides is 1. The zero-order valence-electron chi connectivity index (χ0n) is 14.9. The van der Waals surface area contributed by atoms with Crippen molar-refractivity contribution >= 4 is 33.5 Å². The lowest BCUT2D eigenvalue weighted by molar-refractivity contribution is -0.137. The number of carbonyl (C=O) groups is 2. The van der Waals surface area contributed by atoms with E-state index in [4.69, 9.17) is 21.5 Å². The number of carbonyl (C=O) groups excluding carboxylic acids is 2. The average molecular weight is 415 g/mol. The minimum atomic E-state index is -4.06. The van der Waals surface area contributed by atoms with Crippen molar-refractivity contribution in [3.8, 4) is 0 Å². The number of sulfonamides is 1. The van der Waals surface area contributed by atoms with Crippen LogP contribution >= 0.6 is 11.6 Å². The Morgan fingerprint density at radius 2 is 1.89 bits per heavy atom. The van der Waals surface area contributed by atoms with Gasteiger partial charge in [-0.2, -0.15) is 0 Å². The molecule has 148 valence electrons. The van der Waals surface area contributed by atoms with Crippen LogP contribution in [0.25, 0.3) is 0 Å². The topological polar surface area (TPSA) is 107 Å². The molecule has 1 aliphatic heterocycles. The zero-order valence-corrected chi connectivity index (χ0v) is 16.5. The molecule has 2 aliphatic rings. The Bertz CT molecular complexity index is 842. The van der Waals surface area contributed by atoms with E-state index in [-0.39, 0.29) is 28.0 Å². The predicted molar refractivity (Wildman–Crippen MR) is 99.8 cm³/mol. The van der Waals surface area contributed by atoms with Gasteiger partial charge in [0.2, 0.25) is 10.0 Å². The largest absolute Gasteiger partial charge is 0.452 e. The van der Waals surface area contributed by atoms with Gasteiger partial charge in [0.05, 0.1) is 10.6 Å². The molecule has 1 heterocycles. The van der Waals surface area contributed by atoms with Gasteiger partial charge in [-0.3, -0.25) is 4.79 Å². The first-order valence-electron chi connectivity index (χ1n) is 9.03. The molecule has 1 aromatic rings. The first-order chi connectivity index (χ1) is 12.8. The third kappa shape index (κ3) is 4.80. The van der Waals surface area contributed by atoms with Crippen LogP contribution in [0.1, 0.15) is 42.5 Å². The second kappa shape index (κ2) is 8.16. The molecule has 3 rings (SSSR count). The summed E-state index contributed by atoms with van der Waals surface area (Å²) >= 11 is 5.80. The number of rotatable bonds is 4. The van der Waals surface area contributed by atoms with Gasteiger partial charge in [-0.05, 0) is 42.9 Å². The molecule has 1 amide bonds. The number of likely N-dealkylation sites (tertiary alicyclic amines) is 1. The summed E-state index contributed by atoms with van der Waals surface area (Å²) in [6, 6.07) is 3.64. The van der Waals surface area contributed by atoms with Crippen molar-refractivity contribution in [1.82, 2.24) is 4.90 Å². The summed E-state index contributed by atoms with van der Waals surface area (Å²) in [6.45, 7) is 1.04. The number of benzene rings is 1. The van der Waals surface area contributed by atoms with E-state index in [2.05, 4.69) is 0 Å².